The molecule has 0 unspecified atom stereocenters. The monoisotopic (exact) mass is 307 g/mol. The minimum Gasteiger partial charge on any atom is -0.354 e. The fourth-order valence-corrected chi connectivity index (χ4v) is 4.36. The maximum Gasteiger partial charge on any atom is 0.318 e. The van der Waals surface area contributed by atoms with Crippen LogP contribution >= 0.6 is 0 Å². The Labute approximate surface area is 133 Å². The van der Waals surface area contributed by atoms with Gasteiger partial charge in [-0.05, 0) is 50.9 Å². The molecule has 5 nitrogen and oxygen atoms in total. The Morgan fingerprint density at radius 2 is 1.77 bits per heavy atom. The first-order valence-electron chi connectivity index (χ1n) is 9.10. The molecule has 3 fully saturated rings. The van der Waals surface area contributed by atoms with Gasteiger partial charge in [-0.25, -0.2) is 4.79 Å². The second kappa shape index (κ2) is 7.34. The van der Waals surface area contributed by atoms with Crippen molar-refractivity contribution in [3.05, 3.63) is 0 Å². The Kier molecular flexibility index (Phi) is 5.21. The van der Waals surface area contributed by atoms with Gasteiger partial charge in [0.25, 0.3) is 0 Å². The summed E-state index contributed by atoms with van der Waals surface area (Å²) in [7, 11) is 0. The smallest absolute Gasteiger partial charge is 0.318 e. The Hall–Kier alpha value is -1.26. The van der Waals surface area contributed by atoms with Crippen LogP contribution in [0.25, 0.3) is 0 Å². The Morgan fingerprint density at radius 1 is 1.00 bits per heavy atom. The zero-order valence-corrected chi connectivity index (χ0v) is 13.5. The molecule has 0 spiro atoms. The number of likely N-dealkylation sites (tertiary alicyclic amines) is 1. The van der Waals surface area contributed by atoms with Gasteiger partial charge in [-0.3, -0.25) is 4.79 Å². The standard InChI is InChI=1S/C17H29N3O2/c21-16-14(9-4-5-11-18-16)19-17(22)20-12-6-10-15(20)13-7-2-1-3-8-13/h13-15H,1-12H2,(H,18,21)(H,19,22)/t14-,15+/m1/s1. The minimum atomic E-state index is -0.345. The van der Waals surface area contributed by atoms with Crippen molar-refractivity contribution < 1.29 is 9.59 Å². The van der Waals surface area contributed by atoms with Gasteiger partial charge in [-0.1, -0.05) is 19.3 Å². The molecule has 2 saturated heterocycles. The second-order valence-corrected chi connectivity index (χ2v) is 7.09. The highest BCUT2D eigenvalue weighted by Gasteiger charge is 2.36. The van der Waals surface area contributed by atoms with Gasteiger partial charge < -0.3 is 15.5 Å². The van der Waals surface area contributed by atoms with E-state index in [0.717, 1.165) is 45.2 Å². The number of hydrogen-bond donors (Lipinski definition) is 2. The van der Waals surface area contributed by atoms with Gasteiger partial charge in [0.1, 0.15) is 6.04 Å². The number of hydrogen-bond acceptors (Lipinski definition) is 2. The zero-order valence-electron chi connectivity index (χ0n) is 13.5. The fraction of sp³-hybridized carbons (Fsp3) is 0.882. The van der Waals surface area contributed by atoms with E-state index in [9.17, 15) is 9.59 Å². The van der Waals surface area contributed by atoms with E-state index in [1.165, 1.54) is 32.1 Å². The van der Waals surface area contributed by atoms with Crippen LogP contribution in [0, 0.1) is 5.92 Å². The molecule has 22 heavy (non-hydrogen) atoms. The molecule has 2 atom stereocenters. The molecule has 3 rings (SSSR count). The van der Waals surface area contributed by atoms with Gasteiger partial charge in [-0.2, -0.15) is 0 Å². The zero-order chi connectivity index (χ0) is 15.4. The Bertz CT molecular complexity index is 407. The van der Waals surface area contributed by atoms with E-state index in [0.29, 0.717) is 12.0 Å². The predicted molar refractivity (Wildman–Crippen MR) is 85.5 cm³/mol. The molecular formula is C17H29N3O2. The van der Waals surface area contributed by atoms with E-state index in [-0.39, 0.29) is 18.0 Å². The number of nitrogens with one attached hydrogen (secondary N) is 2. The van der Waals surface area contributed by atoms with E-state index in [1.807, 2.05) is 4.90 Å². The molecule has 0 radical (unpaired) electrons. The summed E-state index contributed by atoms with van der Waals surface area (Å²) in [6.07, 6.45) is 11.5. The number of rotatable bonds is 2. The normalized spacial score (nSPS) is 30.7. The summed E-state index contributed by atoms with van der Waals surface area (Å²) in [5.74, 6) is 0.657. The molecule has 1 aliphatic carbocycles. The van der Waals surface area contributed by atoms with Crippen LogP contribution in [0.2, 0.25) is 0 Å². The molecule has 0 aromatic heterocycles. The van der Waals surface area contributed by atoms with Gasteiger partial charge in [0, 0.05) is 19.1 Å². The lowest BCUT2D eigenvalue weighted by Crippen LogP contribution is -2.52. The topological polar surface area (TPSA) is 61.4 Å². The first kappa shape index (κ1) is 15.6. The molecule has 0 aromatic carbocycles. The Morgan fingerprint density at radius 3 is 2.59 bits per heavy atom. The molecule has 124 valence electrons. The fourth-order valence-electron chi connectivity index (χ4n) is 4.36. The Balaban J connectivity index is 1.59. The average Bonchev–Trinajstić information content (AvgIpc) is 2.95. The second-order valence-electron chi connectivity index (χ2n) is 7.09. The van der Waals surface area contributed by atoms with E-state index in [4.69, 9.17) is 0 Å². The molecule has 1 saturated carbocycles. The van der Waals surface area contributed by atoms with E-state index in [1.54, 1.807) is 0 Å². The summed E-state index contributed by atoms with van der Waals surface area (Å²) >= 11 is 0. The summed E-state index contributed by atoms with van der Waals surface area (Å²) < 4.78 is 0. The van der Waals surface area contributed by atoms with E-state index in [2.05, 4.69) is 10.6 Å². The first-order chi connectivity index (χ1) is 10.8. The SMILES string of the molecule is O=C1NCCCC[C@H]1NC(=O)N1CCC[C@H]1C1CCCCC1. The number of urea groups is 1. The number of amides is 3. The van der Waals surface area contributed by atoms with Crippen LogP contribution in [0.3, 0.4) is 0 Å². The van der Waals surface area contributed by atoms with Crippen LogP contribution < -0.4 is 10.6 Å². The molecule has 3 aliphatic rings. The third-order valence-electron chi connectivity index (χ3n) is 5.59. The lowest BCUT2D eigenvalue weighted by Gasteiger charge is -2.34. The molecule has 2 N–H and O–H groups in total. The molecule has 5 heteroatoms. The van der Waals surface area contributed by atoms with Crippen molar-refractivity contribution in [2.75, 3.05) is 13.1 Å². The third-order valence-corrected chi connectivity index (χ3v) is 5.59. The molecule has 0 bridgehead atoms. The molecule has 3 amide bonds. The predicted octanol–water partition coefficient (Wildman–Crippen LogP) is 2.41. The van der Waals surface area contributed by atoms with Crippen LogP contribution in [0.4, 0.5) is 4.79 Å². The summed E-state index contributed by atoms with van der Waals surface area (Å²) in [6, 6.07) is 0.0341. The molecule has 2 heterocycles. The van der Waals surface area contributed by atoms with Crippen molar-refractivity contribution in [3.63, 3.8) is 0 Å². The van der Waals surface area contributed by atoms with Gasteiger partial charge in [0.2, 0.25) is 5.91 Å². The van der Waals surface area contributed by atoms with Gasteiger partial charge in [0.15, 0.2) is 0 Å². The van der Waals surface area contributed by atoms with Crippen LogP contribution in [0.15, 0.2) is 0 Å². The van der Waals surface area contributed by atoms with Gasteiger partial charge >= 0.3 is 6.03 Å². The highest BCUT2D eigenvalue weighted by atomic mass is 16.2. The summed E-state index contributed by atoms with van der Waals surface area (Å²) in [4.78, 5) is 26.7. The van der Waals surface area contributed by atoms with Gasteiger partial charge in [0.05, 0.1) is 0 Å². The summed E-state index contributed by atoms with van der Waals surface area (Å²) in [5, 5.41) is 5.89. The number of nitrogens with zero attached hydrogens (tertiary/aromatic N) is 1. The molecular weight excluding hydrogens is 278 g/mol. The highest BCUT2D eigenvalue weighted by molar-refractivity contribution is 5.87. The highest BCUT2D eigenvalue weighted by Crippen LogP contribution is 2.34. The van der Waals surface area contributed by atoms with Crippen molar-refractivity contribution in [3.8, 4) is 0 Å². The van der Waals surface area contributed by atoms with Crippen LogP contribution in [0.1, 0.15) is 64.2 Å². The maximum atomic E-state index is 12.7. The van der Waals surface area contributed by atoms with Crippen molar-refractivity contribution in [2.45, 2.75) is 76.3 Å². The maximum absolute atomic E-state index is 12.7. The van der Waals surface area contributed by atoms with Crippen LogP contribution in [-0.2, 0) is 4.79 Å². The van der Waals surface area contributed by atoms with Crippen molar-refractivity contribution in [1.29, 1.82) is 0 Å². The average molecular weight is 307 g/mol. The third kappa shape index (κ3) is 3.55. The van der Waals surface area contributed by atoms with E-state index < -0.39 is 0 Å². The largest absolute Gasteiger partial charge is 0.354 e. The summed E-state index contributed by atoms with van der Waals surface area (Å²) in [5.41, 5.74) is 0. The van der Waals surface area contributed by atoms with Crippen molar-refractivity contribution in [2.24, 2.45) is 5.92 Å². The lowest BCUT2D eigenvalue weighted by atomic mass is 9.83. The lowest BCUT2D eigenvalue weighted by molar-refractivity contribution is -0.122. The summed E-state index contributed by atoms with van der Waals surface area (Å²) in [6.45, 7) is 1.58. The van der Waals surface area contributed by atoms with Crippen molar-refractivity contribution in [1.82, 2.24) is 15.5 Å². The first-order valence-corrected chi connectivity index (χ1v) is 9.10. The van der Waals surface area contributed by atoms with Gasteiger partial charge in [-0.15, -0.1) is 0 Å². The van der Waals surface area contributed by atoms with Crippen LogP contribution in [-0.4, -0.2) is 42.0 Å². The number of carbonyl (C=O) groups is 2. The minimum absolute atomic E-state index is 0.0146. The molecule has 0 aromatic rings. The quantitative estimate of drug-likeness (QED) is 0.823. The molecule has 2 aliphatic heterocycles. The van der Waals surface area contributed by atoms with Crippen molar-refractivity contribution >= 4 is 11.9 Å². The number of carbonyl (C=O) groups excluding carboxylic acids is 2. The van der Waals surface area contributed by atoms with Crippen LogP contribution in [0.5, 0.6) is 0 Å². The van der Waals surface area contributed by atoms with E-state index >= 15 is 0 Å².